The molecule has 102 valence electrons. The molecule has 0 spiro atoms. The van der Waals surface area contributed by atoms with Crippen LogP contribution in [0, 0.1) is 6.92 Å². The predicted octanol–water partition coefficient (Wildman–Crippen LogP) is 3.32. The van der Waals surface area contributed by atoms with Crippen molar-refractivity contribution < 1.29 is 0 Å². The molecule has 1 aromatic carbocycles. The Morgan fingerprint density at radius 3 is 2.65 bits per heavy atom. The van der Waals surface area contributed by atoms with Crippen molar-refractivity contribution in [2.75, 3.05) is 0 Å². The summed E-state index contributed by atoms with van der Waals surface area (Å²) in [5, 5.41) is 0. The van der Waals surface area contributed by atoms with Crippen LogP contribution in [0.2, 0.25) is 0 Å². The summed E-state index contributed by atoms with van der Waals surface area (Å²) < 4.78 is 2.31. The number of aromatic amines is 1. The lowest BCUT2D eigenvalue weighted by atomic mass is 10.0. The first-order chi connectivity index (χ1) is 9.63. The van der Waals surface area contributed by atoms with E-state index >= 15 is 0 Å². The highest BCUT2D eigenvalue weighted by Gasteiger charge is 2.17. The van der Waals surface area contributed by atoms with Gasteiger partial charge in [-0.2, -0.15) is 0 Å². The summed E-state index contributed by atoms with van der Waals surface area (Å²) in [6.45, 7) is 3.92. The molecule has 2 heterocycles. The highest BCUT2D eigenvalue weighted by atomic mass is 79.9. The van der Waals surface area contributed by atoms with Crippen molar-refractivity contribution in [3.63, 3.8) is 0 Å². The molecule has 0 fully saturated rings. The van der Waals surface area contributed by atoms with E-state index in [2.05, 4.69) is 25.9 Å². The largest absolute Gasteiger partial charge is 0.327 e. The summed E-state index contributed by atoms with van der Waals surface area (Å²) in [5.74, 6) is 0.580. The molecule has 0 saturated heterocycles. The molecular weight excluding hydrogens is 318 g/mol. The number of hydrogen-bond acceptors (Lipinski definition) is 2. The number of benzene rings is 1. The van der Waals surface area contributed by atoms with Gasteiger partial charge in [-0.3, -0.25) is 4.79 Å². The van der Waals surface area contributed by atoms with Crippen molar-refractivity contribution in [1.82, 2.24) is 14.4 Å². The van der Waals surface area contributed by atoms with Crippen molar-refractivity contribution in [1.29, 1.82) is 0 Å². The number of nitrogens with one attached hydrogen (secondary N) is 1. The number of nitrogens with zero attached hydrogens (tertiary/aromatic N) is 2. The van der Waals surface area contributed by atoms with E-state index in [0.29, 0.717) is 17.8 Å². The molecule has 0 aliphatic heterocycles. The van der Waals surface area contributed by atoms with Crippen LogP contribution in [-0.2, 0) is 6.42 Å². The third-order valence-corrected chi connectivity index (χ3v) is 4.31. The van der Waals surface area contributed by atoms with Gasteiger partial charge in [0, 0.05) is 5.69 Å². The van der Waals surface area contributed by atoms with Crippen LogP contribution < -0.4 is 5.56 Å². The van der Waals surface area contributed by atoms with Crippen molar-refractivity contribution in [2.24, 2.45) is 0 Å². The van der Waals surface area contributed by atoms with Gasteiger partial charge in [0.2, 0.25) is 5.78 Å². The first kappa shape index (κ1) is 13.1. The second-order valence-electron chi connectivity index (χ2n) is 4.66. The molecule has 0 radical (unpaired) electrons. The molecule has 0 bridgehead atoms. The first-order valence-corrected chi connectivity index (χ1v) is 7.28. The molecule has 4 nitrogen and oxygen atoms in total. The van der Waals surface area contributed by atoms with Gasteiger partial charge >= 0.3 is 0 Å². The number of aryl methyl sites for hydroxylation is 2. The Labute approximate surface area is 124 Å². The van der Waals surface area contributed by atoms with Gasteiger partial charge in [0.05, 0.1) is 11.3 Å². The van der Waals surface area contributed by atoms with E-state index < -0.39 is 0 Å². The van der Waals surface area contributed by atoms with E-state index in [1.54, 1.807) is 4.40 Å². The number of halogens is 1. The average Bonchev–Trinajstić information content (AvgIpc) is 2.75. The van der Waals surface area contributed by atoms with E-state index in [-0.39, 0.29) is 5.56 Å². The summed E-state index contributed by atoms with van der Waals surface area (Å²) in [5.41, 5.74) is 3.23. The lowest BCUT2D eigenvalue weighted by Gasteiger charge is -2.07. The maximum Gasteiger partial charge on any atom is 0.268 e. The first-order valence-electron chi connectivity index (χ1n) is 6.48. The Morgan fingerprint density at radius 1 is 1.30 bits per heavy atom. The molecule has 1 N–H and O–H groups in total. The highest BCUT2D eigenvalue weighted by molar-refractivity contribution is 9.10. The van der Waals surface area contributed by atoms with Crippen molar-refractivity contribution >= 4 is 21.7 Å². The van der Waals surface area contributed by atoms with Gasteiger partial charge in [0.15, 0.2) is 0 Å². The minimum Gasteiger partial charge on any atom is -0.327 e. The molecule has 0 unspecified atom stereocenters. The fraction of sp³-hybridized carbons (Fsp3) is 0.200. The SMILES string of the molecule is CCc1nc2[nH]c(C)c(Br)n2c(=O)c1-c1ccccc1. The quantitative estimate of drug-likeness (QED) is 0.783. The molecule has 20 heavy (non-hydrogen) atoms. The molecule has 0 amide bonds. The van der Waals surface area contributed by atoms with Crippen LogP contribution >= 0.6 is 15.9 Å². The Hall–Kier alpha value is -1.88. The minimum atomic E-state index is -0.0470. The summed E-state index contributed by atoms with van der Waals surface area (Å²) in [4.78, 5) is 20.5. The lowest BCUT2D eigenvalue weighted by molar-refractivity contribution is 0.963. The number of rotatable bonds is 2. The summed E-state index contributed by atoms with van der Waals surface area (Å²) in [6, 6.07) is 9.69. The number of imidazole rings is 1. The lowest BCUT2D eigenvalue weighted by Crippen LogP contribution is -2.19. The summed E-state index contributed by atoms with van der Waals surface area (Å²) in [7, 11) is 0. The summed E-state index contributed by atoms with van der Waals surface area (Å²) in [6.07, 6.45) is 0.714. The van der Waals surface area contributed by atoms with E-state index in [9.17, 15) is 4.79 Å². The molecule has 2 aromatic heterocycles. The van der Waals surface area contributed by atoms with E-state index in [1.165, 1.54) is 0 Å². The van der Waals surface area contributed by atoms with E-state index in [0.717, 1.165) is 21.6 Å². The van der Waals surface area contributed by atoms with Gasteiger partial charge in [-0.15, -0.1) is 0 Å². The Bertz CT molecular complexity index is 834. The molecule has 0 aliphatic rings. The van der Waals surface area contributed by atoms with Crippen molar-refractivity contribution in [3.8, 4) is 11.1 Å². The van der Waals surface area contributed by atoms with Gasteiger partial charge < -0.3 is 4.98 Å². The van der Waals surface area contributed by atoms with Crippen LogP contribution in [0.25, 0.3) is 16.9 Å². The topological polar surface area (TPSA) is 50.2 Å². The molecule has 0 aliphatic carbocycles. The summed E-state index contributed by atoms with van der Waals surface area (Å²) >= 11 is 3.45. The smallest absolute Gasteiger partial charge is 0.268 e. The Morgan fingerprint density at radius 2 is 2.00 bits per heavy atom. The fourth-order valence-corrected chi connectivity index (χ4v) is 2.80. The number of hydrogen-bond donors (Lipinski definition) is 1. The Balaban J connectivity index is 2.45. The van der Waals surface area contributed by atoms with Crippen LogP contribution in [0.5, 0.6) is 0 Å². The Kier molecular flexibility index (Phi) is 3.22. The van der Waals surface area contributed by atoms with Gasteiger partial charge in [-0.25, -0.2) is 9.38 Å². The van der Waals surface area contributed by atoms with Crippen molar-refractivity contribution in [2.45, 2.75) is 20.3 Å². The fourth-order valence-electron chi connectivity index (χ4n) is 2.37. The predicted molar refractivity (Wildman–Crippen MR) is 83.1 cm³/mol. The van der Waals surface area contributed by atoms with Crippen LogP contribution in [0.4, 0.5) is 0 Å². The highest BCUT2D eigenvalue weighted by Crippen LogP contribution is 2.22. The third-order valence-electron chi connectivity index (χ3n) is 3.36. The normalized spacial score (nSPS) is 11.2. The van der Waals surface area contributed by atoms with E-state index in [4.69, 9.17) is 0 Å². The zero-order valence-corrected chi connectivity index (χ0v) is 12.9. The maximum absolute atomic E-state index is 12.8. The van der Waals surface area contributed by atoms with Crippen LogP contribution in [0.15, 0.2) is 39.7 Å². The van der Waals surface area contributed by atoms with Crippen LogP contribution in [0.1, 0.15) is 18.3 Å². The number of H-pyrrole nitrogens is 1. The van der Waals surface area contributed by atoms with E-state index in [1.807, 2.05) is 44.2 Å². The monoisotopic (exact) mass is 331 g/mol. The van der Waals surface area contributed by atoms with Crippen LogP contribution in [-0.4, -0.2) is 14.4 Å². The van der Waals surface area contributed by atoms with Crippen LogP contribution in [0.3, 0.4) is 0 Å². The van der Waals surface area contributed by atoms with Gasteiger partial charge in [-0.05, 0) is 34.8 Å². The molecule has 0 saturated carbocycles. The molecule has 5 heteroatoms. The molecular formula is C15H14BrN3O. The minimum absolute atomic E-state index is 0.0470. The molecule has 3 rings (SSSR count). The van der Waals surface area contributed by atoms with Crippen molar-refractivity contribution in [3.05, 3.63) is 56.7 Å². The second-order valence-corrected chi connectivity index (χ2v) is 5.41. The van der Waals surface area contributed by atoms with Gasteiger partial charge in [-0.1, -0.05) is 37.3 Å². The van der Waals surface area contributed by atoms with Gasteiger partial charge in [0.1, 0.15) is 4.60 Å². The third kappa shape index (κ3) is 1.89. The average molecular weight is 332 g/mol. The number of aromatic nitrogens is 3. The maximum atomic E-state index is 12.8. The number of fused-ring (bicyclic) bond motifs is 1. The zero-order valence-electron chi connectivity index (χ0n) is 11.3. The standard InChI is InChI=1S/C15H14BrN3O/c1-3-11-12(10-7-5-4-6-8-10)14(20)19-13(16)9(2)17-15(19)18-11/h4-8H,3H2,1-2H3,(H,17,18). The molecule has 3 aromatic rings. The van der Waals surface area contributed by atoms with Gasteiger partial charge in [0.25, 0.3) is 5.56 Å². The molecule has 0 atom stereocenters. The zero-order chi connectivity index (χ0) is 14.3. The second kappa shape index (κ2) is 4.90.